The molecule has 4 aliphatic heterocycles. The van der Waals surface area contributed by atoms with Gasteiger partial charge in [-0.1, -0.05) is 62.9 Å². The summed E-state index contributed by atoms with van der Waals surface area (Å²) in [6.45, 7) is 15.9. The first-order valence-electron chi connectivity index (χ1n) is 28.9. The van der Waals surface area contributed by atoms with Crippen molar-refractivity contribution in [1.82, 2.24) is 25.4 Å². The summed E-state index contributed by atoms with van der Waals surface area (Å²) in [5.74, 6) is -3.14. The first-order valence-corrected chi connectivity index (χ1v) is 28.9. The number of aliphatic hydroxyl groups excluding tert-OH is 1. The Kier molecular flexibility index (Phi) is 22.1. The smallest absolute Gasteiger partial charge is 0.414 e. The van der Waals surface area contributed by atoms with Crippen molar-refractivity contribution < 1.29 is 91.2 Å². The van der Waals surface area contributed by atoms with Gasteiger partial charge >= 0.3 is 24.2 Å². The second-order valence-electron chi connectivity index (χ2n) is 22.0. The summed E-state index contributed by atoms with van der Waals surface area (Å²) in [5.41, 5.74) is 2.51. The minimum absolute atomic E-state index is 0.00167. The van der Waals surface area contributed by atoms with Crippen LogP contribution in [0, 0.1) is 5.92 Å². The fourth-order valence-electron chi connectivity index (χ4n) is 10.6. The second kappa shape index (κ2) is 30.0. The molecule has 6 atom stereocenters. The SMILES string of the molecule is C=CCOC(=O)NC(C(=O)NC(C)C(=O)Nc1ccc(COC(=O)Nc2cc(OCc3cc(C(=O)OC)cc(COc4cc5c(cc4OC)C(=O)N4CC(=C)C[C@H]4[C@H](OC4CCCCO4)N5C(=O)O)n3)c(OC)cc2C(=O)N2CC(=C)C[C@H]2CO)cc1)C(C)C. The molecule has 90 heavy (non-hydrogen) atoms. The Hall–Kier alpha value is -9.73. The highest BCUT2D eigenvalue weighted by molar-refractivity contribution is 6.06. The summed E-state index contributed by atoms with van der Waals surface area (Å²) >= 11 is 0. The number of aliphatic hydroxyl groups is 1. The third kappa shape index (κ3) is 15.9. The van der Waals surface area contributed by atoms with Gasteiger partial charge in [0, 0.05) is 37.5 Å². The van der Waals surface area contributed by atoms with Crippen LogP contribution in [-0.2, 0) is 53.1 Å². The molecule has 0 bridgehead atoms. The number of hydrogen-bond acceptors (Lipinski definition) is 19. The molecule has 4 aliphatic rings. The average Bonchev–Trinajstić information content (AvgIpc) is 1.61. The van der Waals surface area contributed by atoms with Gasteiger partial charge in [0.25, 0.3) is 11.8 Å². The molecule has 7 amide bonds. The highest BCUT2D eigenvalue weighted by atomic mass is 16.7. The van der Waals surface area contributed by atoms with Crippen LogP contribution in [-0.4, -0.2) is 164 Å². The number of nitrogens with zero attached hydrogens (tertiary/aromatic N) is 4. The fourth-order valence-corrected chi connectivity index (χ4v) is 10.6. The van der Waals surface area contributed by atoms with Crippen LogP contribution >= 0.6 is 0 Å². The van der Waals surface area contributed by atoms with Crippen LogP contribution in [0.1, 0.15) is 101 Å². The number of likely N-dealkylation sites (tertiary alicyclic amines) is 1. The summed E-state index contributed by atoms with van der Waals surface area (Å²) < 4.78 is 51.9. The number of rotatable bonds is 24. The lowest BCUT2D eigenvalue weighted by molar-refractivity contribution is -0.195. The van der Waals surface area contributed by atoms with E-state index in [1.807, 2.05) is 0 Å². The van der Waals surface area contributed by atoms with Gasteiger partial charge in [-0.05, 0) is 86.9 Å². The number of anilines is 3. The van der Waals surface area contributed by atoms with Crippen LogP contribution in [0.15, 0.2) is 97.6 Å². The van der Waals surface area contributed by atoms with Crippen molar-refractivity contribution in [1.29, 1.82) is 0 Å². The van der Waals surface area contributed by atoms with Crippen LogP contribution in [0.3, 0.4) is 0 Å². The third-order valence-electron chi connectivity index (χ3n) is 15.1. The lowest BCUT2D eigenvalue weighted by Gasteiger charge is -2.37. The van der Waals surface area contributed by atoms with Crippen molar-refractivity contribution in [3.8, 4) is 23.0 Å². The van der Waals surface area contributed by atoms with Gasteiger partial charge in [0.2, 0.25) is 11.8 Å². The number of alkyl carbamates (subject to hydrolysis) is 1. The van der Waals surface area contributed by atoms with E-state index in [0.717, 1.165) is 23.3 Å². The number of pyridine rings is 1. The van der Waals surface area contributed by atoms with E-state index in [1.165, 1.54) is 75.6 Å². The van der Waals surface area contributed by atoms with E-state index >= 15 is 0 Å². The number of esters is 1. The Balaban J connectivity index is 0.991. The second-order valence-corrected chi connectivity index (χ2v) is 22.0. The standard InChI is InChI=1S/C63H74N8O19/c1-10-18-86-62(79)68-54(34(2)3)56(74)64-37(6)55(73)66-40-16-14-38(15-17-40)31-89-61(78)67-46-26-51(49(82-7)24-44(46)57(75)69-28-35(4)20-43(69)30-72)87-32-41-22-39(60(77)84-9)23-42(65-41)33-88-52-27-47-45(25-50(52)83-8)58(76)70-29-36(5)21-48(70)59(71(47)63(80)81)90-53-13-11-12-19-85-53/h10,14-17,22-27,34,37,43,48,53-54,59,72H,1,4-5,11-13,18-21,28-33H2,2-3,6-9H3,(H,64,74)(H,66,73)(H,67,78)(H,68,79)(H,80,81)/t37?,43-,48-,53?,54?,59-/m0/s1. The molecular weight excluding hydrogens is 1170 g/mol. The molecule has 3 saturated heterocycles. The number of carbonyl (C=O) groups is 8. The maximum atomic E-state index is 14.4. The van der Waals surface area contributed by atoms with Gasteiger partial charge in [0.15, 0.2) is 35.5 Å². The summed E-state index contributed by atoms with van der Waals surface area (Å²) in [5, 5.41) is 31.5. The number of hydrogen-bond donors (Lipinski definition) is 6. The van der Waals surface area contributed by atoms with Crippen LogP contribution in [0.25, 0.3) is 0 Å². The fraction of sp³-hybridized carbons (Fsp3) is 0.413. The number of carbonyl (C=O) groups excluding carboxylic acids is 7. The summed E-state index contributed by atoms with van der Waals surface area (Å²) in [4.78, 5) is 116. The maximum Gasteiger partial charge on any atom is 0.414 e. The molecule has 3 fully saturated rings. The zero-order valence-corrected chi connectivity index (χ0v) is 50.8. The zero-order valence-electron chi connectivity index (χ0n) is 50.8. The number of benzene rings is 3. The van der Waals surface area contributed by atoms with Crippen molar-refractivity contribution in [3.63, 3.8) is 0 Å². The Bertz CT molecular complexity index is 3400. The minimum Gasteiger partial charge on any atom is -0.493 e. The largest absolute Gasteiger partial charge is 0.493 e. The number of amides is 7. The van der Waals surface area contributed by atoms with Gasteiger partial charge in [0.1, 0.15) is 38.5 Å². The van der Waals surface area contributed by atoms with E-state index in [1.54, 1.807) is 43.0 Å². The van der Waals surface area contributed by atoms with E-state index < -0.39 is 84.6 Å². The van der Waals surface area contributed by atoms with Crippen molar-refractivity contribution in [2.45, 2.75) is 109 Å². The van der Waals surface area contributed by atoms with Crippen molar-refractivity contribution >= 4 is 64.9 Å². The first kappa shape index (κ1) is 66.2. The van der Waals surface area contributed by atoms with E-state index in [4.69, 9.17) is 47.6 Å². The molecule has 4 aromatic rings. The molecule has 480 valence electrons. The lowest BCUT2D eigenvalue weighted by Crippen LogP contribution is -2.53. The van der Waals surface area contributed by atoms with Gasteiger partial charge in [-0.15, -0.1) is 0 Å². The molecule has 3 aromatic carbocycles. The number of carboxylic acid groups (broad SMARTS) is 1. The Morgan fingerprint density at radius 2 is 1.47 bits per heavy atom. The molecule has 0 spiro atoms. The number of ether oxygens (including phenoxy) is 9. The molecular formula is C63H74N8O19. The normalized spacial score (nSPS) is 18.4. The first-order chi connectivity index (χ1) is 43.1. The molecule has 0 radical (unpaired) electrons. The number of fused-ring (bicyclic) bond motifs is 2. The van der Waals surface area contributed by atoms with Gasteiger partial charge in [-0.25, -0.2) is 24.1 Å². The maximum absolute atomic E-state index is 14.4. The Morgan fingerprint density at radius 3 is 2.09 bits per heavy atom. The Labute approximate surface area is 519 Å². The third-order valence-corrected chi connectivity index (χ3v) is 15.1. The predicted molar refractivity (Wildman–Crippen MR) is 323 cm³/mol. The molecule has 27 nitrogen and oxygen atoms in total. The molecule has 0 aliphatic carbocycles. The highest BCUT2D eigenvalue weighted by Gasteiger charge is 2.48. The van der Waals surface area contributed by atoms with Crippen molar-refractivity contribution in [2.24, 2.45) is 5.92 Å². The van der Waals surface area contributed by atoms with Gasteiger partial charge in [0.05, 0.1) is 79.5 Å². The Morgan fingerprint density at radius 1 is 0.789 bits per heavy atom. The van der Waals surface area contributed by atoms with E-state index in [2.05, 4.69) is 41.0 Å². The van der Waals surface area contributed by atoms with Crippen LogP contribution in [0.4, 0.5) is 31.4 Å². The summed E-state index contributed by atoms with van der Waals surface area (Å²) in [6.07, 6.45) is -0.939. The van der Waals surface area contributed by atoms with E-state index in [0.29, 0.717) is 42.7 Å². The highest BCUT2D eigenvalue weighted by Crippen LogP contribution is 2.44. The van der Waals surface area contributed by atoms with Crippen LogP contribution in [0.5, 0.6) is 23.0 Å². The van der Waals surface area contributed by atoms with E-state index in [-0.39, 0.29) is 114 Å². The monoisotopic (exact) mass is 1250 g/mol. The zero-order chi connectivity index (χ0) is 64.9. The minimum atomic E-state index is -1.40. The molecule has 0 saturated carbocycles. The number of nitrogens with one attached hydrogen (secondary N) is 4. The van der Waals surface area contributed by atoms with Gasteiger partial charge in [-0.2, -0.15) is 0 Å². The van der Waals surface area contributed by atoms with Gasteiger partial charge in [-0.3, -0.25) is 29.5 Å². The molecule has 3 unspecified atom stereocenters. The molecule has 8 rings (SSSR count). The average molecular weight is 1250 g/mol. The molecule has 6 N–H and O–H groups in total. The predicted octanol–water partition coefficient (Wildman–Crippen LogP) is 7.07. The van der Waals surface area contributed by atoms with Crippen LogP contribution in [0.2, 0.25) is 0 Å². The number of methoxy groups -OCH3 is 3. The molecule has 1 aromatic heterocycles. The van der Waals surface area contributed by atoms with Crippen LogP contribution < -0.4 is 45.1 Å². The van der Waals surface area contributed by atoms with Crippen molar-refractivity contribution in [3.05, 3.63) is 131 Å². The topological polar surface area (TPSA) is 331 Å². The van der Waals surface area contributed by atoms with E-state index in [9.17, 15) is 48.6 Å². The quantitative estimate of drug-likeness (QED) is 0.0232. The summed E-state index contributed by atoms with van der Waals surface area (Å²) in [6, 6.07) is 11.3. The summed E-state index contributed by atoms with van der Waals surface area (Å²) in [7, 11) is 3.89. The lowest BCUT2D eigenvalue weighted by atomic mass is 10.0. The molecule has 5 heterocycles. The van der Waals surface area contributed by atoms with Crippen molar-refractivity contribution in [2.75, 3.05) is 69.8 Å². The van der Waals surface area contributed by atoms with Gasteiger partial charge < -0.3 is 78.6 Å². The number of aromatic nitrogens is 1. The molecule has 27 heteroatoms.